The number of benzene rings is 2. The first-order chi connectivity index (χ1) is 15.4. The number of Topliss-reactive ketones (excluding diaryl/α,β-unsaturated/α-hetero) is 1. The molecule has 0 saturated heterocycles. The van der Waals surface area contributed by atoms with Crippen LogP contribution in [0, 0.1) is 39.5 Å². The Labute approximate surface area is 193 Å². The third-order valence-corrected chi connectivity index (χ3v) is 6.75. The van der Waals surface area contributed by atoms with Crippen molar-refractivity contribution < 1.29 is 14.3 Å². The van der Waals surface area contributed by atoms with Crippen LogP contribution >= 0.6 is 0 Å². The quantitative estimate of drug-likeness (QED) is 0.376. The van der Waals surface area contributed by atoms with Gasteiger partial charge in [0.2, 0.25) is 0 Å². The molecule has 32 heavy (non-hydrogen) atoms. The monoisotopic (exact) mass is 434 g/mol. The first kappa shape index (κ1) is 22.9. The summed E-state index contributed by atoms with van der Waals surface area (Å²) in [4.78, 5) is 12.6. The van der Waals surface area contributed by atoms with E-state index >= 15 is 0 Å². The molecule has 0 unspecified atom stereocenters. The van der Waals surface area contributed by atoms with Gasteiger partial charge in [-0.25, -0.2) is 0 Å². The van der Waals surface area contributed by atoms with Crippen LogP contribution in [0.4, 0.5) is 0 Å². The number of carbonyl (C=O) groups excluding carboxylic acids is 1. The number of rotatable bonds is 12. The van der Waals surface area contributed by atoms with E-state index in [2.05, 4.69) is 52.0 Å². The molecule has 0 atom stereocenters. The maximum atomic E-state index is 12.6. The Morgan fingerprint density at radius 1 is 0.688 bits per heavy atom. The third kappa shape index (κ3) is 6.37. The van der Waals surface area contributed by atoms with Gasteiger partial charge < -0.3 is 9.47 Å². The zero-order valence-electron chi connectivity index (χ0n) is 20.3. The lowest BCUT2D eigenvalue weighted by Gasteiger charge is -2.14. The van der Waals surface area contributed by atoms with Crippen LogP contribution in [-0.4, -0.2) is 19.0 Å². The molecule has 0 N–H and O–H groups in total. The molecule has 172 valence electrons. The zero-order valence-corrected chi connectivity index (χ0v) is 20.3. The minimum Gasteiger partial charge on any atom is -0.493 e. The summed E-state index contributed by atoms with van der Waals surface area (Å²) < 4.78 is 12.1. The van der Waals surface area contributed by atoms with E-state index < -0.39 is 0 Å². The summed E-state index contributed by atoms with van der Waals surface area (Å²) in [7, 11) is 0. The summed E-state index contributed by atoms with van der Waals surface area (Å²) in [6.45, 7) is 10.1. The second kappa shape index (κ2) is 10.1. The minimum atomic E-state index is 0.332. The van der Waals surface area contributed by atoms with Gasteiger partial charge in [0.15, 0.2) is 0 Å². The fraction of sp³-hybridized carbons (Fsp3) is 0.552. The van der Waals surface area contributed by atoms with Crippen molar-refractivity contribution in [2.45, 2.75) is 79.1 Å². The normalized spacial score (nSPS) is 15.6. The Balaban J connectivity index is 1.25. The molecule has 2 aromatic carbocycles. The van der Waals surface area contributed by atoms with Crippen LogP contribution in [0.5, 0.6) is 11.5 Å². The molecule has 2 aliphatic carbocycles. The van der Waals surface area contributed by atoms with Crippen LogP contribution in [-0.2, 0) is 17.6 Å². The number of hydrogen-bond donors (Lipinski definition) is 0. The molecule has 0 spiro atoms. The lowest BCUT2D eigenvalue weighted by atomic mass is 9.98. The fourth-order valence-corrected chi connectivity index (χ4v) is 4.49. The average molecular weight is 435 g/mol. The summed E-state index contributed by atoms with van der Waals surface area (Å²) in [5.41, 5.74) is 7.20. The molecule has 0 bridgehead atoms. The number of aryl methyl sites for hydroxylation is 6. The predicted octanol–water partition coefficient (Wildman–Crippen LogP) is 6.63. The molecule has 4 rings (SSSR count). The molecule has 0 radical (unpaired) electrons. The molecular weight excluding hydrogens is 396 g/mol. The Bertz CT molecular complexity index is 843. The minimum absolute atomic E-state index is 0.332. The van der Waals surface area contributed by atoms with Crippen LogP contribution in [0.15, 0.2) is 24.3 Å². The molecule has 3 heteroatoms. The van der Waals surface area contributed by atoms with E-state index in [1.165, 1.54) is 59.1 Å². The van der Waals surface area contributed by atoms with E-state index in [1.54, 1.807) is 0 Å². The standard InChI is InChI=1S/C29H38O3/c1-19-13-25(14-20(2)28(19)31-17-23-5-6-23)9-11-27(30)12-10-26-15-21(3)29(22(4)16-26)32-18-24-7-8-24/h13-16,23-24H,5-12,17-18H2,1-4H3. The molecule has 0 aromatic heterocycles. The van der Waals surface area contributed by atoms with Crippen molar-refractivity contribution in [1.82, 2.24) is 0 Å². The summed E-state index contributed by atoms with van der Waals surface area (Å²) in [5, 5.41) is 0. The fourth-order valence-electron chi connectivity index (χ4n) is 4.49. The summed E-state index contributed by atoms with van der Waals surface area (Å²) >= 11 is 0. The van der Waals surface area contributed by atoms with Gasteiger partial charge in [-0.05, 0) is 111 Å². The number of ether oxygens (including phenoxy) is 2. The van der Waals surface area contributed by atoms with Gasteiger partial charge in [-0.15, -0.1) is 0 Å². The second-order valence-corrected chi connectivity index (χ2v) is 10.2. The molecule has 2 aliphatic rings. The van der Waals surface area contributed by atoms with E-state index in [9.17, 15) is 4.79 Å². The van der Waals surface area contributed by atoms with Crippen molar-refractivity contribution in [3.8, 4) is 11.5 Å². The lowest BCUT2D eigenvalue weighted by Crippen LogP contribution is -2.06. The van der Waals surface area contributed by atoms with Crippen molar-refractivity contribution in [1.29, 1.82) is 0 Å². The van der Waals surface area contributed by atoms with Crippen LogP contribution in [0.2, 0.25) is 0 Å². The highest BCUT2D eigenvalue weighted by molar-refractivity contribution is 5.79. The molecule has 2 saturated carbocycles. The average Bonchev–Trinajstić information content (AvgIpc) is 3.64. The predicted molar refractivity (Wildman–Crippen MR) is 130 cm³/mol. The van der Waals surface area contributed by atoms with Crippen molar-refractivity contribution in [3.05, 3.63) is 57.6 Å². The largest absolute Gasteiger partial charge is 0.493 e. The van der Waals surface area contributed by atoms with Crippen LogP contribution in [0.25, 0.3) is 0 Å². The van der Waals surface area contributed by atoms with Gasteiger partial charge in [-0.2, -0.15) is 0 Å². The Morgan fingerprint density at radius 3 is 1.34 bits per heavy atom. The number of carbonyl (C=O) groups is 1. The Morgan fingerprint density at radius 2 is 1.03 bits per heavy atom. The molecule has 3 nitrogen and oxygen atoms in total. The van der Waals surface area contributed by atoms with Gasteiger partial charge in [0.25, 0.3) is 0 Å². The maximum absolute atomic E-state index is 12.6. The van der Waals surface area contributed by atoms with Gasteiger partial charge in [-0.1, -0.05) is 24.3 Å². The number of hydrogen-bond acceptors (Lipinski definition) is 3. The van der Waals surface area contributed by atoms with Crippen molar-refractivity contribution in [2.24, 2.45) is 11.8 Å². The third-order valence-electron chi connectivity index (χ3n) is 6.75. The van der Waals surface area contributed by atoms with E-state index in [1.807, 2.05) is 0 Å². The van der Waals surface area contributed by atoms with Crippen LogP contribution in [0.3, 0.4) is 0 Å². The van der Waals surface area contributed by atoms with E-state index in [0.717, 1.165) is 49.4 Å². The van der Waals surface area contributed by atoms with E-state index in [0.29, 0.717) is 18.6 Å². The van der Waals surface area contributed by atoms with Crippen molar-refractivity contribution >= 4 is 5.78 Å². The maximum Gasteiger partial charge on any atom is 0.133 e. The van der Waals surface area contributed by atoms with Gasteiger partial charge in [-0.3, -0.25) is 4.79 Å². The van der Waals surface area contributed by atoms with Gasteiger partial charge in [0.05, 0.1) is 13.2 Å². The summed E-state index contributed by atoms with van der Waals surface area (Å²) in [6, 6.07) is 8.76. The smallest absolute Gasteiger partial charge is 0.133 e. The van der Waals surface area contributed by atoms with Gasteiger partial charge in [0, 0.05) is 12.8 Å². The van der Waals surface area contributed by atoms with Crippen molar-refractivity contribution in [2.75, 3.05) is 13.2 Å². The SMILES string of the molecule is Cc1cc(CCC(=O)CCc2cc(C)c(OCC3CC3)c(C)c2)cc(C)c1OCC1CC1. The van der Waals surface area contributed by atoms with Gasteiger partial charge >= 0.3 is 0 Å². The topological polar surface area (TPSA) is 35.5 Å². The number of ketones is 1. The highest BCUT2D eigenvalue weighted by Gasteiger charge is 2.23. The molecule has 0 heterocycles. The van der Waals surface area contributed by atoms with Crippen molar-refractivity contribution in [3.63, 3.8) is 0 Å². The Hall–Kier alpha value is -2.29. The van der Waals surface area contributed by atoms with Gasteiger partial charge in [0.1, 0.15) is 17.3 Å². The summed E-state index contributed by atoms with van der Waals surface area (Å²) in [6.07, 6.45) is 8.01. The summed E-state index contributed by atoms with van der Waals surface area (Å²) in [5.74, 6) is 3.90. The molecule has 0 aliphatic heterocycles. The Kier molecular flexibility index (Phi) is 7.23. The van der Waals surface area contributed by atoms with Crippen LogP contribution in [0.1, 0.15) is 71.9 Å². The van der Waals surface area contributed by atoms with E-state index in [4.69, 9.17) is 9.47 Å². The zero-order chi connectivity index (χ0) is 22.7. The second-order valence-electron chi connectivity index (χ2n) is 10.2. The first-order valence-electron chi connectivity index (χ1n) is 12.4. The highest BCUT2D eigenvalue weighted by atomic mass is 16.5. The molecular formula is C29H38O3. The highest BCUT2D eigenvalue weighted by Crippen LogP contribution is 2.33. The first-order valence-corrected chi connectivity index (χ1v) is 12.4. The molecule has 0 amide bonds. The molecule has 2 fully saturated rings. The lowest BCUT2D eigenvalue weighted by molar-refractivity contribution is -0.119. The molecule has 2 aromatic rings. The van der Waals surface area contributed by atoms with Crippen LogP contribution < -0.4 is 9.47 Å². The van der Waals surface area contributed by atoms with E-state index in [-0.39, 0.29) is 0 Å².